The zero-order valence-corrected chi connectivity index (χ0v) is 10.8. The standard InChI is InChI=1S/C15H14N2O3/c16-12-4-5-13-10(8-12)2-1-7-17(13)15(19)11-3-6-14(18)20-9-11/h3-6,8-9H,1-2,7,16H2. The fourth-order valence-electron chi connectivity index (χ4n) is 2.46. The first-order valence-corrected chi connectivity index (χ1v) is 6.44. The number of anilines is 2. The van der Waals surface area contributed by atoms with Gasteiger partial charge >= 0.3 is 5.63 Å². The number of hydrogen-bond acceptors (Lipinski definition) is 4. The molecule has 0 saturated carbocycles. The Balaban J connectivity index is 1.98. The molecule has 0 aliphatic carbocycles. The van der Waals surface area contributed by atoms with Gasteiger partial charge in [0.15, 0.2) is 0 Å². The van der Waals surface area contributed by atoms with E-state index in [1.807, 2.05) is 12.1 Å². The van der Waals surface area contributed by atoms with E-state index < -0.39 is 5.63 Å². The van der Waals surface area contributed by atoms with Gasteiger partial charge in [-0.3, -0.25) is 4.79 Å². The maximum absolute atomic E-state index is 12.5. The molecule has 102 valence electrons. The molecule has 0 spiro atoms. The van der Waals surface area contributed by atoms with Gasteiger partial charge in [-0.1, -0.05) is 0 Å². The third-order valence-electron chi connectivity index (χ3n) is 3.42. The van der Waals surface area contributed by atoms with Gasteiger partial charge in [-0.05, 0) is 42.7 Å². The third kappa shape index (κ3) is 2.18. The summed E-state index contributed by atoms with van der Waals surface area (Å²) >= 11 is 0. The number of hydrogen-bond donors (Lipinski definition) is 1. The molecule has 1 amide bonds. The van der Waals surface area contributed by atoms with Crippen LogP contribution in [-0.2, 0) is 6.42 Å². The predicted molar refractivity (Wildman–Crippen MR) is 75.8 cm³/mol. The summed E-state index contributed by atoms with van der Waals surface area (Å²) < 4.78 is 4.75. The number of rotatable bonds is 1. The number of fused-ring (bicyclic) bond motifs is 1. The van der Waals surface area contributed by atoms with Crippen molar-refractivity contribution in [1.82, 2.24) is 0 Å². The monoisotopic (exact) mass is 270 g/mol. The molecule has 2 heterocycles. The highest BCUT2D eigenvalue weighted by molar-refractivity contribution is 6.06. The van der Waals surface area contributed by atoms with Crippen LogP contribution in [0.15, 0.2) is 45.8 Å². The van der Waals surface area contributed by atoms with Crippen molar-refractivity contribution in [2.24, 2.45) is 0 Å². The quantitative estimate of drug-likeness (QED) is 0.802. The van der Waals surface area contributed by atoms with Gasteiger partial charge in [0.05, 0.1) is 5.56 Å². The average Bonchev–Trinajstić information content (AvgIpc) is 2.46. The van der Waals surface area contributed by atoms with Crippen molar-refractivity contribution in [3.05, 3.63) is 58.1 Å². The maximum atomic E-state index is 12.5. The number of aryl methyl sites for hydroxylation is 1. The number of nitrogen functional groups attached to an aromatic ring is 1. The van der Waals surface area contributed by atoms with Crippen molar-refractivity contribution in [1.29, 1.82) is 0 Å². The summed E-state index contributed by atoms with van der Waals surface area (Å²) in [5, 5.41) is 0. The molecule has 0 bridgehead atoms. The topological polar surface area (TPSA) is 76.5 Å². The first kappa shape index (κ1) is 12.5. The van der Waals surface area contributed by atoms with Gasteiger partial charge in [0.2, 0.25) is 0 Å². The molecule has 0 radical (unpaired) electrons. The van der Waals surface area contributed by atoms with Crippen LogP contribution in [0.1, 0.15) is 22.3 Å². The molecule has 5 nitrogen and oxygen atoms in total. The molecular formula is C15H14N2O3. The molecule has 1 aliphatic heterocycles. The van der Waals surface area contributed by atoms with E-state index in [0.717, 1.165) is 24.1 Å². The van der Waals surface area contributed by atoms with Crippen LogP contribution in [0.25, 0.3) is 0 Å². The molecule has 0 unspecified atom stereocenters. The second-order valence-corrected chi connectivity index (χ2v) is 4.79. The number of nitrogens with two attached hydrogens (primary N) is 1. The molecule has 0 atom stereocenters. The van der Waals surface area contributed by atoms with Crippen LogP contribution in [0.3, 0.4) is 0 Å². The largest absolute Gasteiger partial charge is 0.430 e. The number of nitrogens with zero attached hydrogens (tertiary/aromatic N) is 1. The van der Waals surface area contributed by atoms with E-state index in [-0.39, 0.29) is 5.91 Å². The lowest BCUT2D eigenvalue weighted by atomic mass is 10.0. The van der Waals surface area contributed by atoms with Crippen molar-refractivity contribution in [3.63, 3.8) is 0 Å². The van der Waals surface area contributed by atoms with Crippen LogP contribution in [-0.4, -0.2) is 12.5 Å². The highest BCUT2D eigenvalue weighted by atomic mass is 16.4. The Hall–Kier alpha value is -2.56. The number of carbonyl (C=O) groups is 1. The first-order chi connectivity index (χ1) is 9.65. The molecule has 20 heavy (non-hydrogen) atoms. The van der Waals surface area contributed by atoms with E-state index in [1.165, 1.54) is 18.4 Å². The lowest BCUT2D eigenvalue weighted by molar-refractivity contribution is 0.0983. The smallest absolute Gasteiger partial charge is 0.335 e. The predicted octanol–water partition coefficient (Wildman–Crippen LogP) is 1.81. The Bertz CT molecular complexity index is 701. The molecule has 2 aromatic rings. The third-order valence-corrected chi connectivity index (χ3v) is 3.42. The fraction of sp³-hybridized carbons (Fsp3) is 0.200. The van der Waals surface area contributed by atoms with E-state index >= 15 is 0 Å². The second-order valence-electron chi connectivity index (χ2n) is 4.79. The van der Waals surface area contributed by atoms with Crippen molar-refractivity contribution < 1.29 is 9.21 Å². The Morgan fingerprint density at radius 2 is 2.10 bits per heavy atom. The van der Waals surface area contributed by atoms with Crippen LogP contribution in [0, 0.1) is 0 Å². The van der Waals surface area contributed by atoms with Gasteiger partial charge in [-0.25, -0.2) is 4.79 Å². The van der Waals surface area contributed by atoms with Crippen molar-refractivity contribution in [2.75, 3.05) is 17.2 Å². The summed E-state index contributed by atoms with van der Waals surface area (Å²) in [7, 11) is 0. The normalized spacial score (nSPS) is 13.9. The van der Waals surface area contributed by atoms with Crippen LogP contribution in [0.2, 0.25) is 0 Å². The molecule has 0 saturated heterocycles. The van der Waals surface area contributed by atoms with E-state index in [9.17, 15) is 9.59 Å². The van der Waals surface area contributed by atoms with Crippen molar-refractivity contribution in [2.45, 2.75) is 12.8 Å². The summed E-state index contributed by atoms with van der Waals surface area (Å²) in [6, 6.07) is 8.29. The highest BCUT2D eigenvalue weighted by Gasteiger charge is 2.23. The molecule has 1 aliphatic rings. The maximum Gasteiger partial charge on any atom is 0.335 e. The summed E-state index contributed by atoms with van der Waals surface area (Å²) in [5.41, 5.74) is 8.33. The second kappa shape index (κ2) is 4.85. The van der Waals surface area contributed by atoms with Gasteiger partial charge in [0.1, 0.15) is 6.26 Å². The minimum atomic E-state index is -0.464. The van der Waals surface area contributed by atoms with E-state index in [2.05, 4.69) is 0 Å². The highest BCUT2D eigenvalue weighted by Crippen LogP contribution is 2.29. The zero-order chi connectivity index (χ0) is 14.1. The van der Waals surface area contributed by atoms with Crippen molar-refractivity contribution in [3.8, 4) is 0 Å². The Labute approximate surface area is 115 Å². The SMILES string of the molecule is Nc1ccc2c(c1)CCCN2C(=O)c1ccc(=O)oc1. The lowest BCUT2D eigenvalue weighted by Crippen LogP contribution is -2.35. The molecule has 3 rings (SSSR count). The van der Waals surface area contributed by atoms with Crippen LogP contribution in [0.5, 0.6) is 0 Å². The summed E-state index contributed by atoms with van der Waals surface area (Å²) in [6.45, 7) is 0.648. The average molecular weight is 270 g/mol. The molecular weight excluding hydrogens is 256 g/mol. The summed E-state index contributed by atoms with van der Waals surface area (Å²) in [6.07, 6.45) is 3.00. The molecule has 2 N–H and O–H groups in total. The molecule has 1 aromatic carbocycles. The number of carbonyl (C=O) groups excluding carboxylic acids is 1. The molecule has 5 heteroatoms. The molecule has 1 aromatic heterocycles. The van der Waals surface area contributed by atoms with Crippen molar-refractivity contribution >= 4 is 17.3 Å². The molecule has 0 fully saturated rings. The van der Waals surface area contributed by atoms with Gasteiger partial charge in [-0.15, -0.1) is 0 Å². The van der Waals surface area contributed by atoms with E-state index in [1.54, 1.807) is 11.0 Å². The number of benzene rings is 1. The fourth-order valence-corrected chi connectivity index (χ4v) is 2.46. The van der Waals surface area contributed by atoms with Crippen LogP contribution in [0.4, 0.5) is 11.4 Å². The minimum absolute atomic E-state index is 0.167. The van der Waals surface area contributed by atoms with E-state index in [0.29, 0.717) is 17.8 Å². The summed E-state index contributed by atoms with van der Waals surface area (Å²) in [5.74, 6) is -0.167. The van der Waals surface area contributed by atoms with Gasteiger partial charge in [-0.2, -0.15) is 0 Å². The first-order valence-electron chi connectivity index (χ1n) is 6.44. The van der Waals surface area contributed by atoms with Gasteiger partial charge < -0.3 is 15.1 Å². The van der Waals surface area contributed by atoms with Crippen LogP contribution >= 0.6 is 0 Å². The van der Waals surface area contributed by atoms with Gasteiger partial charge in [0, 0.05) is 24.0 Å². The summed E-state index contributed by atoms with van der Waals surface area (Å²) in [4.78, 5) is 25.1. The Morgan fingerprint density at radius 3 is 2.85 bits per heavy atom. The van der Waals surface area contributed by atoms with E-state index in [4.69, 9.17) is 10.2 Å². The number of amides is 1. The lowest BCUT2D eigenvalue weighted by Gasteiger charge is -2.29. The minimum Gasteiger partial charge on any atom is -0.430 e. The zero-order valence-electron chi connectivity index (χ0n) is 10.8. The van der Waals surface area contributed by atoms with Crippen LogP contribution < -0.4 is 16.3 Å². The Kier molecular flexibility index (Phi) is 3.02. The van der Waals surface area contributed by atoms with Gasteiger partial charge in [0.25, 0.3) is 5.91 Å². The Morgan fingerprint density at radius 1 is 1.25 bits per heavy atom.